The Morgan fingerprint density at radius 1 is 1.00 bits per heavy atom. The molecule has 174 valence electrons. The minimum Gasteiger partial charge on any atom is -0.393 e. The summed E-state index contributed by atoms with van der Waals surface area (Å²) in [5.41, 5.74) is 6.07. The Hall–Kier alpha value is -0.600. The molecule has 5 rings (SSSR count). The highest BCUT2D eigenvalue weighted by atomic mass is 16.3. The molecule has 2 heteroatoms. The number of likely N-dealkylation sites (tertiary alicyclic amines) is 1. The first-order valence-electron chi connectivity index (χ1n) is 13.5. The maximum absolute atomic E-state index is 10.8. The van der Waals surface area contributed by atoms with E-state index in [9.17, 15) is 5.11 Å². The SMILES string of the molecule is C[C@H](CN1CCCCC1)[C@H]1CC=C2C3=C(CC[C@@]21C)[C@@]1(C)CC[C@H](O)C(C)(C)[C@@H]1CC3. The topological polar surface area (TPSA) is 23.5 Å². The van der Waals surface area contributed by atoms with Crippen LogP contribution < -0.4 is 0 Å². The Morgan fingerprint density at radius 3 is 2.48 bits per heavy atom. The lowest BCUT2D eigenvalue weighted by atomic mass is 9.46. The van der Waals surface area contributed by atoms with Gasteiger partial charge in [-0.1, -0.05) is 52.7 Å². The monoisotopic (exact) mass is 425 g/mol. The van der Waals surface area contributed by atoms with E-state index in [1.54, 1.807) is 16.7 Å². The van der Waals surface area contributed by atoms with Crippen molar-refractivity contribution in [2.45, 2.75) is 105 Å². The zero-order valence-electron chi connectivity index (χ0n) is 21.0. The summed E-state index contributed by atoms with van der Waals surface area (Å²) >= 11 is 0. The van der Waals surface area contributed by atoms with E-state index in [0.717, 1.165) is 18.3 Å². The van der Waals surface area contributed by atoms with Crippen molar-refractivity contribution in [1.82, 2.24) is 4.90 Å². The first-order valence-corrected chi connectivity index (χ1v) is 13.5. The van der Waals surface area contributed by atoms with Crippen molar-refractivity contribution < 1.29 is 5.11 Å². The van der Waals surface area contributed by atoms with Crippen molar-refractivity contribution in [3.63, 3.8) is 0 Å². The highest BCUT2D eigenvalue weighted by Crippen LogP contribution is 2.66. The van der Waals surface area contributed by atoms with Gasteiger partial charge in [0, 0.05) is 6.54 Å². The molecule has 1 saturated carbocycles. The number of aliphatic hydroxyl groups excluding tert-OH is 1. The van der Waals surface area contributed by atoms with E-state index in [0.29, 0.717) is 16.7 Å². The molecule has 0 spiro atoms. The number of nitrogens with zero attached hydrogens (tertiary/aromatic N) is 1. The van der Waals surface area contributed by atoms with Gasteiger partial charge in [-0.05, 0) is 116 Å². The van der Waals surface area contributed by atoms with E-state index in [1.165, 1.54) is 77.4 Å². The highest BCUT2D eigenvalue weighted by molar-refractivity contribution is 5.49. The molecule has 0 radical (unpaired) electrons. The van der Waals surface area contributed by atoms with Crippen LogP contribution in [0.2, 0.25) is 0 Å². The second-order valence-electron chi connectivity index (χ2n) is 13.1. The maximum atomic E-state index is 10.8. The molecule has 0 aromatic carbocycles. The zero-order chi connectivity index (χ0) is 22.0. The molecular weight excluding hydrogens is 378 g/mol. The number of piperidine rings is 1. The molecule has 1 N–H and O–H groups in total. The van der Waals surface area contributed by atoms with Crippen LogP contribution in [0, 0.1) is 34.0 Å². The molecule has 2 fully saturated rings. The summed E-state index contributed by atoms with van der Waals surface area (Å²) in [6, 6.07) is 0. The van der Waals surface area contributed by atoms with Crippen LogP contribution in [0.15, 0.2) is 22.8 Å². The summed E-state index contributed by atoms with van der Waals surface area (Å²) in [5.74, 6) is 2.23. The van der Waals surface area contributed by atoms with E-state index in [2.05, 4.69) is 45.6 Å². The fraction of sp³-hybridized carbons (Fsp3) is 0.862. The van der Waals surface area contributed by atoms with Gasteiger partial charge in [-0.25, -0.2) is 0 Å². The van der Waals surface area contributed by atoms with Crippen LogP contribution in [-0.4, -0.2) is 35.7 Å². The molecule has 0 aromatic rings. The quantitative estimate of drug-likeness (QED) is 0.540. The molecule has 0 bridgehead atoms. The zero-order valence-corrected chi connectivity index (χ0v) is 21.0. The summed E-state index contributed by atoms with van der Waals surface area (Å²) in [5, 5.41) is 10.8. The normalized spacial score (nSPS) is 43.7. The Morgan fingerprint density at radius 2 is 1.74 bits per heavy atom. The molecule has 2 nitrogen and oxygen atoms in total. The Balaban J connectivity index is 1.40. The lowest BCUT2D eigenvalue weighted by Crippen LogP contribution is -2.53. The molecule has 0 unspecified atom stereocenters. The summed E-state index contributed by atoms with van der Waals surface area (Å²) in [4.78, 5) is 2.75. The predicted molar refractivity (Wildman–Crippen MR) is 130 cm³/mol. The van der Waals surface area contributed by atoms with Crippen molar-refractivity contribution >= 4 is 0 Å². The number of fused-ring (bicyclic) bond motifs is 4. The second kappa shape index (κ2) is 7.73. The van der Waals surface area contributed by atoms with Crippen molar-refractivity contribution in [3.05, 3.63) is 22.8 Å². The third-order valence-corrected chi connectivity index (χ3v) is 11.1. The van der Waals surface area contributed by atoms with Gasteiger partial charge in [0.15, 0.2) is 0 Å². The Kier molecular flexibility index (Phi) is 5.53. The highest BCUT2D eigenvalue weighted by Gasteiger charge is 2.57. The van der Waals surface area contributed by atoms with Gasteiger partial charge in [0.1, 0.15) is 0 Å². The Bertz CT molecular complexity index is 772. The second-order valence-corrected chi connectivity index (χ2v) is 13.1. The first-order chi connectivity index (χ1) is 14.7. The third kappa shape index (κ3) is 3.33. The lowest BCUT2D eigenvalue weighted by molar-refractivity contribution is -0.0905. The molecule has 1 aliphatic heterocycles. The summed E-state index contributed by atoms with van der Waals surface area (Å²) < 4.78 is 0. The van der Waals surface area contributed by atoms with Crippen LogP contribution in [0.25, 0.3) is 0 Å². The van der Waals surface area contributed by atoms with Gasteiger partial charge in [-0.15, -0.1) is 0 Å². The van der Waals surface area contributed by atoms with Crippen molar-refractivity contribution in [1.29, 1.82) is 0 Å². The van der Waals surface area contributed by atoms with Gasteiger partial charge in [0.25, 0.3) is 0 Å². The van der Waals surface area contributed by atoms with Crippen LogP contribution in [0.5, 0.6) is 0 Å². The van der Waals surface area contributed by atoms with Crippen molar-refractivity contribution in [2.24, 2.45) is 34.0 Å². The Labute approximate surface area is 191 Å². The molecular formula is C29H47NO. The smallest absolute Gasteiger partial charge is 0.0594 e. The minimum atomic E-state index is -0.132. The number of rotatable bonds is 3. The number of hydrogen-bond acceptors (Lipinski definition) is 2. The van der Waals surface area contributed by atoms with Gasteiger partial charge in [0.05, 0.1) is 6.10 Å². The van der Waals surface area contributed by atoms with Crippen molar-refractivity contribution in [3.8, 4) is 0 Å². The van der Waals surface area contributed by atoms with Crippen LogP contribution >= 0.6 is 0 Å². The van der Waals surface area contributed by atoms with E-state index < -0.39 is 0 Å². The molecule has 31 heavy (non-hydrogen) atoms. The molecule has 1 saturated heterocycles. The van der Waals surface area contributed by atoms with Gasteiger partial charge >= 0.3 is 0 Å². The summed E-state index contributed by atoms with van der Waals surface area (Å²) in [6.45, 7) is 16.4. The van der Waals surface area contributed by atoms with E-state index in [4.69, 9.17) is 0 Å². The van der Waals surface area contributed by atoms with Gasteiger partial charge in [-0.2, -0.15) is 0 Å². The van der Waals surface area contributed by atoms with E-state index in [-0.39, 0.29) is 11.5 Å². The van der Waals surface area contributed by atoms with Crippen LogP contribution in [0.4, 0.5) is 0 Å². The van der Waals surface area contributed by atoms with Crippen LogP contribution in [0.3, 0.4) is 0 Å². The fourth-order valence-electron chi connectivity index (χ4n) is 9.25. The maximum Gasteiger partial charge on any atom is 0.0594 e. The number of allylic oxidation sites excluding steroid dienone is 4. The summed E-state index contributed by atoms with van der Waals surface area (Å²) in [6.07, 6.45) is 15.4. The molecule has 6 atom stereocenters. The van der Waals surface area contributed by atoms with E-state index in [1.807, 2.05) is 0 Å². The molecule has 4 aliphatic carbocycles. The molecule has 1 heterocycles. The van der Waals surface area contributed by atoms with Crippen LogP contribution in [-0.2, 0) is 0 Å². The molecule has 5 aliphatic rings. The van der Waals surface area contributed by atoms with Crippen molar-refractivity contribution in [2.75, 3.05) is 19.6 Å². The molecule has 0 aromatic heterocycles. The predicted octanol–water partition coefficient (Wildman–Crippen LogP) is 6.75. The molecule has 0 amide bonds. The third-order valence-electron chi connectivity index (χ3n) is 11.1. The average molecular weight is 426 g/mol. The largest absolute Gasteiger partial charge is 0.393 e. The van der Waals surface area contributed by atoms with Crippen LogP contribution in [0.1, 0.15) is 98.8 Å². The standard InChI is InChI=1S/C29H47NO/c1-20(19-30-17-7-6-8-18-30)22-10-11-23-21-9-12-25-27(2,3)26(31)14-16-29(25,5)24(21)13-15-28(22,23)4/h11,20,22,25-26,31H,6-10,12-19H2,1-5H3/t20-,22-,25+,26+,28-,29-/m1/s1. The number of aliphatic hydroxyl groups is 1. The minimum absolute atomic E-state index is 0.0435. The van der Waals surface area contributed by atoms with E-state index >= 15 is 0 Å². The van der Waals surface area contributed by atoms with Gasteiger partial charge in [-0.3, -0.25) is 0 Å². The lowest BCUT2D eigenvalue weighted by Gasteiger charge is -2.59. The average Bonchev–Trinajstić information content (AvgIpc) is 3.09. The fourth-order valence-corrected chi connectivity index (χ4v) is 9.25. The van der Waals surface area contributed by atoms with Gasteiger partial charge < -0.3 is 10.0 Å². The number of hydrogen-bond donors (Lipinski definition) is 1. The first kappa shape index (κ1) is 22.2. The summed E-state index contributed by atoms with van der Waals surface area (Å²) in [7, 11) is 0. The van der Waals surface area contributed by atoms with Gasteiger partial charge in [0.2, 0.25) is 0 Å².